The number of carboxylic acid groups (broad SMARTS) is 1. The summed E-state index contributed by atoms with van der Waals surface area (Å²) in [6.07, 6.45) is 0. The first-order valence-electron chi connectivity index (χ1n) is 6.33. The standard InChI is InChI=1S/C17H18O2/c1-10-9-11(2)13(4)16(12(10)3)14-7-5-6-8-15(14)17(18)19/h5-9H,1-4H3,(H,18,19). The van der Waals surface area contributed by atoms with Crippen molar-refractivity contribution in [1.29, 1.82) is 0 Å². The van der Waals surface area contributed by atoms with Crippen molar-refractivity contribution in [3.05, 3.63) is 58.1 Å². The molecule has 0 fully saturated rings. The molecule has 0 unspecified atom stereocenters. The van der Waals surface area contributed by atoms with Crippen LogP contribution in [0.1, 0.15) is 32.6 Å². The lowest BCUT2D eigenvalue weighted by molar-refractivity contribution is 0.0697. The normalized spacial score (nSPS) is 10.5. The summed E-state index contributed by atoms with van der Waals surface area (Å²) in [5.41, 5.74) is 6.90. The van der Waals surface area contributed by atoms with Crippen molar-refractivity contribution in [2.75, 3.05) is 0 Å². The second kappa shape index (κ2) is 4.88. The van der Waals surface area contributed by atoms with E-state index in [1.807, 2.05) is 12.1 Å². The van der Waals surface area contributed by atoms with Crippen LogP contribution in [0.2, 0.25) is 0 Å². The fourth-order valence-corrected chi connectivity index (χ4v) is 2.51. The van der Waals surface area contributed by atoms with Gasteiger partial charge >= 0.3 is 5.97 Å². The van der Waals surface area contributed by atoms with Gasteiger partial charge in [0.15, 0.2) is 0 Å². The fraction of sp³-hybridized carbons (Fsp3) is 0.235. The van der Waals surface area contributed by atoms with Gasteiger partial charge in [-0.05, 0) is 67.1 Å². The first-order chi connectivity index (χ1) is 8.93. The van der Waals surface area contributed by atoms with Gasteiger partial charge in [-0.15, -0.1) is 0 Å². The molecule has 98 valence electrons. The molecule has 2 heteroatoms. The van der Waals surface area contributed by atoms with Crippen LogP contribution in [-0.4, -0.2) is 11.1 Å². The molecular weight excluding hydrogens is 236 g/mol. The smallest absolute Gasteiger partial charge is 0.336 e. The third-order valence-electron chi connectivity index (χ3n) is 3.79. The Labute approximate surface area is 113 Å². The summed E-state index contributed by atoms with van der Waals surface area (Å²) in [5.74, 6) is -0.881. The first-order valence-corrected chi connectivity index (χ1v) is 6.33. The van der Waals surface area contributed by atoms with Crippen molar-refractivity contribution in [1.82, 2.24) is 0 Å². The molecule has 0 spiro atoms. The van der Waals surface area contributed by atoms with Crippen molar-refractivity contribution in [3.63, 3.8) is 0 Å². The molecule has 0 aliphatic carbocycles. The van der Waals surface area contributed by atoms with Crippen LogP contribution in [0.5, 0.6) is 0 Å². The van der Waals surface area contributed by atoms with E-state index in [9.17, 15) is 9.90 Å². The Morgan fingerprint density at radius 2 is 1.47 bits per heavy atom. The fourth-order valence-electron chi connectivity index (χ4n) is 2.51. The minimum Gasteiger partial charge on any atom is -0.478 e. The average Bonchev–Trinajstić information content (AvgIpc) is 2.37. The maximum absolute atomic E-state index is 11.4. The van der Waals surface area contributed by atoms with E-state index in [4.69, 9.17) is 0 Å². The highest BCUT2D eigenvalue weighted by molar-refractivity contribution is 5.97. The summed E-state index contributed by atoms with van der Waals surface area (Å²) in [4.78, 5) is 11.4. The molecule has 0 saturated carbocycles. The van der Waals surface area contributed by atoms with Gasteiger partial charge in [-0.3, -0.25) is 0 Å². The number of aromatic carboxylic acids is 1. The molecule has 2 aromatic carbocycles. The molecule has 1 N–H and O–H groups in total. The highest BCUT2D eigenvalue weighted by Gasteiger charge is 2.16. The van der Waals surface area contributed by atoms with Gasteiger partial charge in [0.25, 0.3) is 0 Å². The van der Waals surface area contributed by atoms with Crippen molar-refractivity contribution >= 4 is 5.97 Å². The van der Waals surface area contributed by atoms with Crippen LogP contribution in [0.3, 0.4) is 0 Å². The Morgan fingerprint density at radius 1 is 0.947 bits per heavy atom. The molecule has 0 aromatic heterocycles. The molecule has 0 aliphatic rings. The highest BCUT2D eigenvalue weighted by atomic mass is 16.4. The molecule has 0 heterocycles. The number of carboxylic acids is 1. The number of aryl methyl sites for hydroxylation is 2. The first kappa shape index (κ1) is 13.3. The molecule has 2 rings (SSSR count). The summed E-state index contributed by atoms with van der Waals surface area (Å²) >= 11 is 0. The average molecular weight is 254 g/mol. The Kier molecular flexibility index (Phi) is 3.43. The van der Waals surface area contributed by atoms with Crippen LogP contribution < -0.4 is 0 Å². The van der Waals surface area contributed by atoms with Crippen molar-refractivity contribution in [2.24, 2.45) is 0 Å². The molecule has 0 radical (unpaired) electrons. The van der Waals surface area contributed by atoms with Gasteiger partial charge in [0.05, 0.1) is 5.56 Å². The number of hydrogen-bond acceptors (Lipinski definition) is 1. The van der Waals surface area contributed by atoms with Gasteiger partial charge in [-0.1, -0.05) is 24.3 Å². The van der Waals surface area contributed by atoms with Crippen molar-refractivity contribution in [3.8, 4) is 11.1 Å². The van der Waals surface area contributed by atoms with Crippen LogP contribution in [0.25, 0.3) is 11.1 Å². The maximum atomic E-state index is 11.4. The molecule has 2 nitrogen and oxygen atoms in total. The summed E-state index contributed by atoms with van der Waals surface area (Å²) < 4.78 is 0. The van der Waals surface area contributed by atoms with E-state index < -0.39 is 5.97 Å². The Balaban J connectivity index is 2.83. The van der Waals surface area contributed by atoms with E-state index >= 15 is 0 Å². The minimum atomic E-state index is -0.881. The lowest BCUT2D eigenvalue weighted by Crippen LogP contribution is -2.02. The van der Waals surface area contributed by atoms with Crippen molar-refractivity contribution in [2.45, 2.75) is 27.7 Å². The molecule has 0 saturated heterocycles. The third-order valence-corrected chi connectivity index (χ3v) is 3.79. The predicted octanol–water partition coefficient (Wildman–Crippen LogP) is 4.29. The van der Waals surface area contributed by atoms with E-state index in [0.717, 1.165) is 22.3 Å². The summed E-state index contributed by atoms with van der Waals surface area (Å²) in [6.45, 7) is 8.23. The van der Waals surface area contributed by atoms with Crippen LogP contribution in [0, 0.1) is 27.7 Å². The molecule has 19 heavy (non-hydrogen) atoms. The number of rotatable bonds is 2. The Bertz CT molecular complexity index is 628. The number of hydrogen-bond donors (Lipinski definition) is 1. The third kappa shape index (κ3) is 2.26. The van der Waals surface area contributed by atoms with Gasteiger partial charge < -0.3 is 5.11 Å². The Morgan fingerprint density at radius 3 is 2.00 bits per heavy atom. The molecule has 0 bridgehead atoms. The van der Waals surface area contributed by atoms with E-state index in [1.165, 1.54) is 11.1 Å². The largest absolute Gasteiger partial charge is 0.478 e. The van der Waals surface area contributed by atoms with E-state index in [1.54, 1.807) is 12.1 Å². The monoisotopic (exact) mass is 254 g/mol. The zero-order valence-corrected chi connectivity index (χ0v) is 11.7. The van der Waals surface area contributed by atoms with Gasteiger partial charge in [0.2, 0.25) is 0 Å². The van der Waals surface area contributed by atoms with E-state index in [2.05, 4.69) is 33.8 Å². The molecule has 2 aromatic rings. The van der Waals surface area contributed by atoms with Gasteiger partial charge in [0.1, 0.15) is 0 Å². The van der Waals surface area contributed by atoms with Gasteiger partial charge in [0, 0.05) is 0 Å². The molecule has 0 amide bonds. The van der Waals surface area contributed by atoms with Gasteiger partial charge in [-0.25, -0.2) is 4.79 Å². The number of carbonyl (C=O) groups is 1. The molecule has 0 aliphatic heterocycles. The van der Waals surface area contributed by atoms with E-state index in [-0.39, 0.29) is 0 Å². The zero-order chi connectivity index (χ0) is 14.2. The van der Waals surface area contributed by atoms with Crippen LogP contribution in [-0.2, 0) is 0 Å². The summed E-state index contributed by atoms with van der Waals surface area (Å²) in [7, 11) is 0. The maximum Gasteiger partial charge on any atom is 0.336 e. The quantitative estimate of drug-likeness (QED) is 0.868. The summed E-state index contributed by atoms with van der Waals surface area (Å²) in [5, 5.41) is 9.35. The molecule has 0 atom stereocenters. The SMILES string of the molecule is Cc1cc(C)c(C)c(-c2ccccc2C(=O)O)c1C. The number of benzene rings is 2. The van der Waals surface area contributed by atoms with Crippen molar-refractivity contribution < 1.29 is 9.90 Å². The lowest BCUT2D eigenvalue weighted by Gasteiger charge is -2.17. The molecular formula is C17H18O2. The van der Waals surface area contributed by atoms with Gasteiger partial charge in [-0.2, -0.15) is 0 Å². The lowest BCUT2D eigenvalue weighted by atomic mass is 9.87. The zero-order valence-electron chi connectivity index (χ0n) is 11.7. The van der Waals surface area contributed by atoms with Crippen LogP contribution in [0.15, 0.2) is 30.3 Å². The second-order valence-electron chi connectivity index (χ2n) is 4.99. The minimum absolute atomic E-state index is 0.360. The topological polar surface area (TPSA) is 37.3 Å². The van der Waals surface area contributed by atoms with Crippen LogP contribution in [0.4, 0.5) is 0 Å². The summed E-state index contributed by atoms with van der Waals surface area (Å²) in [6, 6.07) is 9.35. The Hall–Kier alpha value is -2.09. The van der Waals surface area contributed by atoms with Crippen LogP contribution >= 0.6 is 0 Å². The second-order valence-corrected chi connectivity index (χ2v) is 4.99. The highest BCUT2D eigenvalue weighted by Crippen LogP contribution is 2.33. The van der Waals surface area contributed by atoms with E-state index in [0.29, 0.717) is 5.56 Å². The predicted molar refractivity (Wildman–Crippen MR) is 77.8 cm³/mol.